The summed E-state index contributed by atoms with van der Waals surface area (Å²) in [5.74, 6) is -0.0666. The topological polar surface area (TPSA) is 61.9 Å². The molecule has 2 aromatic carbocycles. The van der Waals surface area contributed by atoms with E-state index in [0.717, 1.165) is 29.7 Å². The van der Waals surface area contributed by atoms with Crippen LogP contribution < -0.4 is 5.32 Å². The summed E-state index contributed by atoms with van der Waals surface area (Å²) in [4.78, 5) is 30.7. The molecule has 3 aliphatic rings. The Balaban J connectivity index is 1.51. The third-order valence-electron chi connectivity index (χ3n) is 7.16. The molecule has 5 rings (SSSR count). The van der Waals surface area contributed by atoms with Crippen molar-refractivity contribution in [2.24, 2.45) is 5.92 Å². The average Bonchev–Trinajstić information content (AvgIpc) is 3.10. The number of halogens is 2. The highest BCUT2D eigenvalue weighted by atomic mass is 35.5. The molecule has 0 saturated carbocycles. The smallest absolute Gasteiger partial charge is 0.320 e. The minimum Gasteiger partial charge on any atom is -0.378 e. The van der Waals surface area contributed by atoms with Crippen LogP contribution in [0.5, 0.6) is 0 Å². The second-order valence-electron chi connectivity index (χ2n) is 9.09. The van der Waals surface area contributed by atoms with Crippen molar-refractivity contribution in [1.82, 2.24) is 9.80 Å². The molecule has 0 bridgehead atoms. The third-order valence-corrected chi connectivity index (χ3v) is 7.63. The van der Waals surface area contributed by atoms with E-state index >= 15 is 0 Å². The Morgan fingerprint density at radius 3 is 2.64 bits per heavy atom. The van der Waals surface area contributed by atoms with Crippen LogP contribution in [-0.2, 0) is 21.4 Å². The van der Waals surface area contributed by atoms with Crippen LogP contribution in [0.15, 0.2) is 42.5 Å². The van der Waals surface area contributed by atoms with E-state index in [1.807, 2.05) is 52.3 Å². The summed E-state index contributed by atoms with van der Waals surface area (Å²) in [7, 11) is 0. The van der Waals surface area contributed by atoms with E-state index in [9.17, 15) is 9.59 Å². The fourth-order valence-electron chi connectivity index (χ4n) is 5.57. The highest BCUT2D eigenvalue weighted by Crippen LogP contribution is 2.49. The standard InChI is InChI=1S/C25H27Cl2N3O3/c26-19-5-1-3-17(13-19)15-25(21-7-6-20(27)14-22(21)28-23(25)31)18-4-2-8-30(16-18)24(32)29-9-11-33-12-10-29/h1,3,5-7,13-14,18H,2,4,8-12,15-16H2,(H,28,31). The number of carbonyl (C=O) groups excluding carboxylic acids is 2. The molecule has 2 aromatic rings. The van der Waals surface area contributed by atoms with Crippen molar-refractivity contribution >= 4 is 40.8 Å². The van der Waals surface area contributed by atoms with Crippen molar-refractivity contribution in [3.05, 3.63) is 63.6 Å². The second-order valence-corrected chi connectivity index (χ2v) is 9.96. The molecule has 3 heterocycles. The highest BCUT2D eigenvalue weighted by molar-refractivity contribution is 6.31. The Labute approximate surface area is 203 Å². The lowest BCUT2D eigenvalue weighted by molar-refractivity contribution is -0.123. The minimum atomic E-state index is -0.797. The first-order chi connectivity index (χ1) is 16.0. The summed E-state index contributed by atoms with van der Waals surface area (Å²) in [6.45, 7) is 3.59. The average molecular weight is 488 g/mol. The number of hydrogen-bond acceptors (Lipinski definition) is 3. The number of ether oxygens (including phenoxy) is 1. The number of benzene rings is 2. The van der Waals surface area contributed by atoms with Crippen LogP contribution in [0.1, 0.15) is 24.0 Å². The summed E-state index contributed by atoms with van der Waals surface area (Å²) < 4.78 is 5.41. The van der Waals surface area contributed by atoms with Crippen LogP contribution in [0.3, 0.4) is 0 Å². The lowest BCUT2D eigenvalue weighted by Gasteiger charge is -2.44. The number of urea groups is 1. The molecule has 3 aliphatic heterocycles. The predicted molar refractivity (Wildman–Crippen MR) is 129 cm³/mol. The van der Waals surface area contributed by atoms with Gasteiger partial charge in [-0.05, 0) is 60.6 Å². The van der Waals surface area contributed by atoms with Crippen LogP contribution >= 0.6 is 23.2 Å². The monoisotopic (exact) mass is 487 g/mol. The van der Waals surface area contributed by atoms with Gasteiger partial charge in [0.1, 0.15) is 0 Å². The maximum Gasteiger partial charge on any atom is 0.320 e. The molecular formula is C25H27Cl2N3O3. The zero-order valence-corrected chi connectivity index (χ0v) is 19.9. The second kappa shape index (κ2) is 9.16. The van der Waals surface area contributed by atoms with Gasteiger partial charge in [0.05, 0.1) is 18.6 Å². The van der Waals surface area contributed by atoms with E-state index in [1.54, 1.807) is 0 Å². The maximum atomic E-state index is 13.7. The zero-order valence-electron chi connectivity index (χ0n) is 18.4. The Hall–Kier alpha value is -2.28. The molecule has 0 aliphatic carbocycles. The van der Waals surface area contributed by atoms with E-state index < -0.39 is 5.41 Å². The van der Waals surface area contributed by atoms with Gasteiger partial charge in [-0.15, -0.1) is 0 Å². The van der Waals surface area contributed by atoms with Crippen molar-refractivity contribution in [3.8, 4) is 0 Å². The van der Waals surface area contributed by atoms with Gasteiger partial charge in [-0.3, -0.25) is 4.79 Å². The summed E-state index contributed by atoms with van der Waals surface area (Å²) in [5, 5.41) is 4.31. The van der Waals surface area contributed by atoms with Gasteiger partial charge in [0.15, 0.2) is 0 Å². The molecule has 8 heteroatoms. The third kappa shape index (κ3) is 4.20. The van der Waals surface area contributed by atoms with Gasteiger partial charge in [-0.2, -0.15) is 0 Å². The number of fused-ring (bicyclic) bond motifs is 1. The van der Waals surface area contributed by atoms with Gasteiger partial charge in [-0.25, -0.2) is 4.79 Å². The van der Waals surface area contributed by atoms with E-state index in [2.05, 4.69) is 5.32 Å². The fraction of sp³-hybridized carbons (Fsp3) is 0.440. The Kier molecular flexibility index (Phi) is 6.25. The van der Waals surface area contributed by atoms with Crippen LogP contribution in [0.25, 0.3) is 0 Å². The molecule has 1 N–H and O–H groups in total. The molecule has 2 saturated heterocycles. The number of piperidine rings is 1. The van der Waals surface area contributed by atoms with E-state index in [0.29, 0.717) is 55.9 Å². The Bertz CT molecular complexity index is 1070. The SMILES string of the molecule is O=C(N1CCOCC1)N1CCCC(C2(Cc3cccc(Cl)c3)C(=O)Nc3cc(Cl)ccc32)C1. The van der Waals surface area contributed by atoms with Crippen molar-refractivity contribution in [2.45, 2.75) is 24.7 Å². The van der Waals surface area contributed by atoms with Crippen molar-refractivity contribution in [3.63, 3.8) is 0 Å². The Morgan fingerprint density at radius 2 is 1.85 bits per heavy atom. The van der Waals surface area contributed by atoms with Crippen molar-refractivity contribution in [2.75, 3.05) is 44.7 Å². The number of hydrogen-bond donors (Lipinski definition) is 1. The minimum absolute atomic E-state index is 0.0300. The quantitative estimate of drug-likeness (QED) is 0.688. The lowest BCUT2D eigenvalue weighted by Crippen LogP contribution is -2.55. The van der Waals surface area contributed by atoms with E-state index in [1.165, 1.54) is 0 Å². The van der Waals surface area contributed by atoms with E-state index in [4.69, 9.17) is 27.9 Å². The Morgan fingerprint density at radius 1 is 1.06 bits per heavy atom. The lowest BCUT2D eigenvalue weighted by atomic mass is 9.65. The van der Waals surface area contributed by atoms with Crippen LogP contribution in [0.4, 0.5) is 10.5 Å². The molecule has 6 nitrogen and oxygen atoms in total. The van der Waals surface area contributed by atoms with Crippen LogP contribution in [0, 0.1) is 5.92 Å². The zero-order chi connectivity index (χ0) is 23.0. The van der Waals surface area contributed by atoms with Gasteiger partial charge in [-0.1, -0.05) is 41.4 Å². The molecule has 174 valence electrons. The maximum absolute atomic E-state index is 13.7. The predicted octanol–water partition coefficient (Wildman–Crippen LogP) is 4.59. The first kappa shape index (κ1) is 22.5. The molecule has 0 aromatic heterocycles. The summed E-state index contributed by atoms with van der Waals surface area (Å²) in [5.41, 5.74) is 1.90. The number of morpholine rings is 1. The normalized spacial score (nSPS) is 25.0. The van der Waals surface area contributed by atoms with Gasteiger partial charge in [0.25, 0.3) is 0 Å². The number of amides is 3. The molecular weight excluding hydrogens is 461 g/mol. The molecule has 2 atom stereocenters. The number of carbonyl (C=O) groups is 2. The van der Waals surface area contributed by atoms with Crippen molar-refractivity contribution < 1.29 is 14.3 Å². The van der Waals surface area contributed by atoms with Crippen molar-refractivity contribution in [1.29, 1.82) is 0 Å². The molecule has 33 heavy (non-hydrogen) atoms. The van der Waals surface area contributed by atoms with Gasteiger partial charge < -0.3 is 19.9 Å². The molecule has 2 unspecified atom stereocenters. The van der Waals surface area contributed by atoms with E-state index in [-0.39, 0.29) is 17.9 Å². The summed E-state index contributed by atoms with van der Waals surface area (Å²) >= 11 is 12.5. The first-order valence-corrected chi connectivity index (χ1v) is 12.2. The highest BCUT2D eigenvalue weighted by Gasteiger charge is 2.53. The van der Waals surface area contributed by atoms with Gasteiger partial charge in [0, 0.05) is 41.9 Å². The molecule has 0 radical (unpaired) electrons. The first-order valence-electron chi connectivity index (χ1n) is 11.4. The fourth-order valence-corrected chi connectivity index (χ4v) is 5.95. The largest absolute Gasteiger partial charge is 0.378 e. The molecule has 0 spiro atoms. The number of nitrogens with zero attached hydrogens (tertiary/aromatic N) is 2. The number of rotatable bonds is 3. The van der Waals surface area contributed by atoms with Crippen LogP contribution in [-0.4, -0.2) is 61.1 Å². The molecule has 2 fully saturated rings. The van der Waals surface area contributed by atoms with Gasteiger partial charge >= 0.3 is 6.03 Å². The number of likely N-dealkylation sites (tertiary alicyclic amines) is 1. The van der Waals surface area contributed by atoms with Gasteiger partial charge in [0.2, 0.25) is 5.91 Å². The molecule has 3 amide bonds. The van der Waals surface area contributed by atoms with Crippen LogP contribution in [0.2, 0.25) is 10.0 Å². The number of nitrogens with one attached hydrogen (secondary N) is 1. The number of anilines is 1. The summed E-state index contributed by atoms with van der Waals surface area (Å²) in [6, 6.07) is 13.3. The summed E-state index contributed by atoms with van der Waals surface area (Å²) in [6.07, 6.45) is 2.23.